The maximum atomic E-state index is 12.2. The third-order valence-electron chi connectivity index (χ3n) is 2.40. The van der Waals surface area contributed by atoms with E-state index in [0.717, 1.165) is 4.31 Å². The molecular formula is C11H16ClN3O4S. The van der Waals surface area contributed by atoms with Crippen molar-refractivity contribution >= 4 is 27.5 Å². The average Bonchev–Trinajstić information content (AvgIpc) is 2.39. The number of ether oxygens (including phenoxy) is 1. The van der Waals surface area contributed by atoms with E-state index in [-0.39, 0.29) is 16.6 Å². The lowest BCUT2D eigenvalue weighted by Crippen LogP contribution is -2.39. The summed E-state index contributed by atoms with van der Waals surface area (Å²) in [7, 11) is -0.941. The minimum Gasteiger partial charge on any atom is -0.383 e. The minimum atomic E-state index is -3.77. The largest absolute Gasteiger partial charge is 0.383 e. The van der Waals surface area contributed by atoms with Gasteiger partial charge >= 0.3 is 0 Å². The van der Waals surface area contributed by atoms with Crippen molar-refractivity contribution in [1.29, 1.82) is 0 Å². The molecule has 0 aromatic carbocycles. The molecule has 1 aromatic heterocycles. The van der Waals surface area contributed by atoms with Crippen LogP contribution in [0.3, 0.4) is 0 Å². The second-order valence-corrected chi connectivity index (χ2v) is 6.35. The van der Waals surface area contributed by atoms with Crippen molar-refractivity contribution in [2.24, 2.45) is 0 Å². The summed E-state index contributed by atoms with van der Waals surface area (Å²) < 4.78 is 30.1. The van der Waals surface area contributed by atoms with Gasteiger partial charge in [-0.2, -0.15) is 4.31 Å². The molecule has 1 heterocycles. The SMILES string of the molecule is COCCNC(=O)CN(C)S(=O)(=O)c1ccnc(Cl)c1. The van der Waals surface area contributed by atoms with Crippen molar-refractivity contribution in [1.82, 2.24) is 14.6 Å². The van der Waals surface area contributed by atoms with Crippen LogP contribution < -0.4 is 5.32 Å². The molecule has 0 unspecified atom stereocenters. The van der Waals surface area contributed by atoms with Gasteiger partial charge in [-0.1, -0.05) is 11.6 Å². The molecule has 0 spiro atoms. The molecule has 7 nitrogen and oxygen atoms in total. The highest BCUT2D eigenvalue weighted by Gasteiger charge is 2.23. The molecule has 0 atom stereocenters. The van der Waals surface area contributed by atoms with Gasteiger partial charge in [-0.05, 0) is 12.1 Å². The van der Waals surface area contributed by atoms with Crippen molar-refractivity contribution < 1.29 is 17.9 Å². The molecule has 112 valence electrons. The molecule has 1 amide bonds. The molecule has 0 radical (unpaired) electrons. The van der Waals surface area contributed by atoms with Gasteiger partial charge in [-0.3, -0.25) is 4.79 Å². The van der Waals surface area contributed by atoms with Crippen LogP contribution in [0.1, 0.15) is 0 Å². The molecule has 0 saturated heterocycles. The first-order valence-electron chi connectivity index (χ1n) is 5.71. The smallest absolute Gasteiger partial charge is 0.243 e. The second kappa shape index (κ2) is 7.53. The van der Waals surface area contributed by atoms with Crippen molar-refractivity contribution in [3.05, 3.63) is 23.5 Å². The number of halogens is 1. The van der Waals surface area contributed by atoms with E-state index in [4.69, 9.17) is 16.3 Å². The fourth-order valence-electron chi connectivity index (χ4n) is 1.36. The van der Waals surface area contributed by atoms with Gasteiger partial charge < -0.3 is 10.1 Å². The maximum Gasteiger partial charge on any atom is 0.243 e. The molecule has 0 saturated carbocycles. The lowest BCUT2D eigenvalue weighted by atomic mass is 10.5. The molecule has 1 rings (SSSR count). The second-order valence-electron chi connectivity index (χ2n) is 3.92. The molecule has 0 aliphatic rings. The Morgan fingerprint density at radius 2 is 2.25 bits per heavy atom. The Morgan fingerprint density at radius 1 is 1.55 bits per heavy atom. The van der Waals surface area contributed by atoms with Crippen molar-refractivity contribution in [2.45, 2.75) is 4.90 Å². The van der Waals surface area contributed by atoms with Crippen LogP contribution in [0.15, 0.2) is 23.2 Å². The van der Waals surface area contributed by atoms with Crippen LogP contribution in [-0.4, -0.2) is 57.5 Å². The van der Waals surface area contributed by atoms with Gasteiger partial charge in [0.15, 0.2) is 0 Å². The number of pyridine rings is 1. The number of rotatable bonds is 7. The molecule has 9 heteroatoms. The number of sulfonamides is 1. The van der Waals surface area contributed by atoms with Gasteiger partial charge in [-0.15, -0.1) is 0 Å². The van der Waals surface area contributed by atoms with Gasteiger partial charge in [0.1, 0.15) is 5.15 Å². The molecular weight excluding hydrogens is 306 g/mol. The number of amides is 1. The molecule has 0 aliphatic carbocycles. The highest BCUT2D eigenvalue weighted by Crippen LogP contribution is 2.16. The van der Waals surface area contributed by atoms with E-state index >= 15 is 0 Å². The molecule has 0 fully saturated rings. The minimum absolute atomic E-state index is 0.00954. The average molecular weight is 322 g/mol. The standard InChI is InChI=1S/C11H16ClN3O4S/c1-15(8-11(16)14-5-6-19-2)20(17,18)9-3-4-13-10(12)7-9/h3-4,7H,5-6,8H2,1-2H3,(H,14,16). The third kappa shape index (κ3) is 4.71. The highest BCUT2D eigenvalue weighted by molar-refractivity contribution is 7.89. The van der Waals surface area contributed by atoms with Crippen molar-refractivity contribution in [2.75, 3.05) is 33.9 Å². The maximum absolute atomic E-state index is 12.2. The van der Waals surface area contributed by atoms with E-state index in [1.807, 2.05) is 0 Å². The molecule has 1 aromatic rings. The number of hydrogen-bond acceptors (Lipinski definition) is 5. The van der Waals surface area contributed by atoms with Crippen LogP contribution in [0.2, 0.25) is 5.15 Å². The first-order valence-corrected chi connectivity index (χ1v) is 7.53. The van der Waals surface area contributed by atoms with E-state index < -0.39 is 15.9 Å². The summed E-state index contributed by atoms with van der Waals surface area (Å²) in [5.41, 5.74) is 0. The third-order valence-corrected chi connectivity index (χ3v) is 4.41. The first kappa shape index (κ1) is 16.8. The summed E-state index contributed by atoms with van der Waals surface area (Å²) in [4.78, 5) is 15.3. The van der Waals surface area contributed by atoms with Crippen molar-refractivity contribution in [3.8, 4) is 0 Å². The number of hydrogen-bond donors (Lipinski definition) is 1. The number of nitrogens with zero attached hydrogens (tertiary/aromatic N) is 2. The molecule has 0 bridgehead atoms. The fraction of sp³-hybridized carbons (Fsp3) is 0.455. The Balaban J connectivity index is 2.70. The zero-order chi connectivity index (χ0) is 15.2. The number of likely N-dealkylation sites (N-methyl/N-ethyl adjacent to an activating group) is 1. The molecule has 1 N–H and O–H groups in total. The number of aromatic nitrogens is 1. The first-order chi connectivity index (χ1) is 9.37. The number of nitrogens with one attached hydrogen (secondary N) is 1. The van der Waals surface area contributed by atoms with Crippen LogP contribution in [0, 0.1) is 0 Å². The Hall–Kier alpha value is -1.22. The van der Waals surface area contributed by atoms with E-state index in [9.17, 15) is 13.2 Å². The fourth-order valence-corrected chi connectivity index (χ4v) is 2.74. The predicted molar refractivity (Wildman–Crippen MR) is 73.9 cm³/mol. The zero-order valence-electron chi connectivity index (χ0n) is 11.2. The Labute approximate surface area is 122 Å². The molecule has 0 aliphatic heterocycles. The van der Waals surface area contributed by atoms with Crippen LogP contribution in [0.4, 0.5) is 0 Å². The van der Waals surface area contributed by atoms with E-state index in [1.54, 1.807) is 0 Å². The van der Waals surface area contributed by atoms with E-state index in [2.05, 4.69) is 10.3 Å². The van der Waals surface area contributed by atoms with Crippen LogP contribution >= 0.6 is 11.6 Å². The van der Waals surface area contributed by atoms with Crippen molar-refractivity contribution in [3.63, 3.8) is 0 Å². The lowest BCUT2D eigenvalue weighted by molar-refractivity contribution is -0.121. The number of carbonyl (C=O) groups is 1. The van der Waals surface area contributed by atoms with E-state index in [1.165, 1.54) is 32.5 Å². The Morgan fingerprint density at radius 3 is 2.85 bits per heavy atom. The summed E-state index contributed by atoms with van der Waals surface area (Å²) in [5, 5.41) is 2.61. The van der Waals surface area contributed by atoms with Gasteiger partial charge in [0.2, 0.25) is 15.9 Å². The summed E-state index contributed by atoms with van der Waals surface area (Å²) in [6.07, 6.45) is 1.29. The van der Waals surface area contributed by atoms with Gasteiger partial charge in [0, 0.05) is 26.9 Å². The van der Waals surface area contributed by atoms with Gasteiger partial charge in [0.05, 0.1) is 18.0 Å². The monoisotopic (exact) mass is 321 g/mol. The summed E-state index contributed by atoms with van der Waals surface area (Å²) in [5.74, 6) is -0.409. The summed E-state index contributed by atoms with van der Waals surface area (Å²) >= 11 is 5.66. The highest BCUT2D eigenvalue weighted by atomic mass is 35.5. The topological polar surface area (TPSA) is 88.6 Å². The van der Waals surface area contributed by atoms with Crippen LogP contribution in [-0.2, 0) is 19.6 Å². The summed E-state index contributed by atoms with van der Waals surface area (Å²) in [6, 6.07) is 2.55. The lowest BCUT2D eigenvalue weighted by Gasteiger charge is -2.16. The van der Waals surface area contributed by atoms with Gasteiger partial charge in [0.25, 0.3) is 0 Å². The Bertz CT molecular complexity index is 565. The van der Waals surface area contributed by atoms with Gasteiger partial charge in [-0.25, -0.2) is 13.4 Å². The Kier molecular flexibility index (Phi) is 6.34. The summed E-state index contributed by atoms with van der Waals surface area (Å²) in [6.45, 7) is 0.401. The van der Waals surface area contributed by atoms with Crippen LogP contribution in [0.5, 0.6) is 0 Å². The number of carbonyl (C=O) groups excluding carboxylic acids is 1. The number of methoxy groups -OCH3 is 1. The van der Waals surface area contributed by atoms with E-state index in [0.29, 0.717) is 13.2 Å². The van der Waals surface area contributed by atoms with Crippen LogP contribution in [0.25, 0.3) is 0 Å². The quantitative estimate of drug-likeness (QED) is 0.569. The zero-order valence-corrected chi connectivity index (χ0v) is 12.7. The predicted octanol–water partition coefficient (Wildman–Crippen LogP) is 0.118. The molecule has 20 heavy (non-hydrogen) atoms. The normalized spacial score (nSPS) is 11.6.